The Bertz CT molecular complexity index is 356. The fourth-order valence-corrected chi connectivity index (χ4v) is 2.30. The van der Waals surface area contributed by atoms with Crippen molar-refractivity contribution in [3.8, 4) is 0 Å². The zero-order chi connectivity index (χ0) is 12.8. The number of aromatic nitrogens is 2. The average molecular weight is 254 g/mol. The number of hydrogen-bond acceptors (Lipinski definition) is 5. The highest BCUT2D eigenvalue weighted by atomic mass is 32.2. The van der Waals surface area contributed by atoms with Gasteiger partial charge < -0.3 is 10.6 Å². The number of nitrogens with two attached hydrogens (primary N) is 1. The predicted octanol–water partition coefficient (Wildman–Crippen LogP) is 2.20. The minimum Gasteiger partial charge on any atom is -0.384 e. The lowest BCUT2D eigenvalue weighted by Crippen LogP contribution is -2.31. The van der Waals surface area contributed by atoms with E-state index in [1.54, 1.807) is 0 Å². The molecule has 0 aliphatic heterocycles. The number of aryl methyl sites for hydroxylation is 1. The minimum absolute atomic E-state index is 0.439. The largest absolute Gasteiger partial charge is 0.384 e. The van der Waals surface area contributed by atoms with Gasteiger partial charge in [-0.1, -0.05) is 6.92 Å². The van der Waals surface area contributed by atoms with Crippen LogP contribution in [0.4, 0.5) is 11.6 Å². The summed E-state index contributed by atoms with van der Waals surface area (Å²) >= 11 is 1.84. The van der Waals surface area contributed by atoms with E-state index in [2.05, 4.69) is 42.0 Å². The van der Waals surface area contributed by atoms with Crippen LogP contribution in [0.15, 0.2) is 6.07 Å². The van der Waals surface area contributed by atoms with E-state index in [1.807, 2.05) is 17.8 Å². The Morgan fingerprint density at radius 2 is 2.18 bits per heavy atom. The van der Waals surface area contributed by atoms with Crippen LogP contribution in [0.1, 0.15) is 26.1 Å². The molecule has 0 fully saturated rings. The van der Waals surface area contributed by atoms with E-state index in [4.69, 9.17) is 5.73 Å². The molecule has 17 heavy (non-hydrogen) atoms. The Labute approximate surface area is 108 Å². The highest BCUT2D eigenvalue weighted by Gasteiger charge is 2.12. The van der Waals surface area contributed by atoms with Gasteiger partial charge >= 0.3 is 0 Å². The molecule has 1 aromatic heterocycles. The quantitative estimate of drug-likeness (QED) is 0.843. The third kappa shape index (κ3) is 4.07. The average Bonchev–Trinajstić information content (AvgIpc) is 2.28. The van der Waals surface area contributed by atoms with Crippen LogP contribution in [0.2, 0.25) is 0 Å². The van der Waals surface area contributed by atoms with Gasteiger partial charge in [0, 0.05) is 31.3 Å². The highest BCUT2D eigenvalue weighted by Crippen LogP contribution is 2.17. The fraction of sp³-hybridized carbons (Fsp3) is 0.667. The Hall–Kier alpha value is -0.970. The lowest BCUT2D eigenvalue weighted by molar-refractivity contribution is 0.740. The van der Waals surface area contributed by atoms with Gasteiger partial charge in [0.25, 0.3) is 0 Å². The number of thioether (sulfide) groups is 1. The van der Waals surface area contributed by atoms with E-state index in [0.29, 0.717) is 11.9 Å². The molecule has 4 nitrogen and oxygen atoms in total. The molecular weight excluding hydrogens is 232 g/mol. The van der Waals surface area contributed by atoms with E-state index in [1.165, 1.54) is 0 Å². The topological polar surface area (TPSA) is 55.0 Å². The van der Waals surface area contributed by atoms with Crippen LogP contribution in [-0.4, -0.2) is 35.1 Å². The van der Waals surface area contributed by atoms with Gasteiger partial charge in [-0.05, 0) is 19.6 Å². The maximum atomic E-state index is 5.82. The molecule has 0 spiro atoms. The number of nitrogens with zero attached hydrogens (tertiary/aromatic N) is 3. The van der Waals surface area contributed by atoms with Crippen molar-refractivity contribution >= 4 is 23.4 Å². The lowest BCUT2D eigenvalue weighted by Gasteiger charge is -2.25. The number of hydrogen-bond donors (Lipinski definition) is 1. The van der Waals surface area contributed by atoms with Gasteiger partial charge in [-0.3, -0.25) is 0 Å². The third-order valence-corrected chi connectivity index (χ3v) is 3.50. The summed E-state index contributed by atoms with van der Waals surface area (Å²) in [6, 6.07) is 2.28. The van der Waals surface area contributed by atoms with Gasteiger partial charge in [-0.2, -0.15) is 11.8 Å². The Kier molecular flexibility index (Phi) is 5.55. The molecule has 0 bridgehead atoms. The fourth-order valence-electron chi connectivity index (χ4n) is 1.60. The van der Waals surface area contributed by atoms with E-state index >= 15 is 0 Å². The molecule has 1 atom stereocenters. The van der Waals surface area contributed by atoms with E-state index in [9.17, 15) is 0 Å². The smallest absolute Gasteiger partial charge is 0.134 e. The number of anilines is 2. The van der Waals surface area contributed by atoms with Crippen LogP contribution >= 0.6 is 11.8 Å². The molecule has 0 radical (unpaired) electrons. The minimum atomic E-state index is 0.439. The first-order valence-electron chi connectivity index (χ1n) is 5.93. The van der Waals surface area contributed by atoms with Gasteiger partial charge in [0.2, 0.25) is 0 Å². The van der Waals surface area contributed by atoms with Gasteiger partial charge in [0.1, 0.15) is 17.5 Å². The third-order valence-electron chi connectivity index (χ3n) is 2.68. The molecule has 0 saturated carbocycles. The Balaban J connectivity index is 2.88. The normalized spacial score (nSPS) is 12.5. The van der Waals surface area contributed by atoms with Crippen LogP contribution < -0.4 is 10.6 Å². The first-order valence-corrected chi connectivity index (χ1v) is 7.33. The highest BCUT2D eigenvalue weighted by molar-refractivity contribution is 7.98. The molecule has 0 saturated heterocycles. The molecule has 0 amide bonds. The zero-order valence-electron chi connectivity index (χ0n) is 11.1. The van der Waals surface area contributed by atoms with E-state index in [-0.39, 0.29) is 0 Å². The standard InChI is InChI=1S/C12H22N4S/c1-5-6-11-14-10(13)7-12(15-11)16(3)9(2)8-17-4/h7,9H,5-6,8H2,1-4H3,(H2,13,14,15). The van der Waals surface area contributed by atoms with E-state index in [0.717, 1.165) is 30.2 Å². The summed E-state index contributed by atoms with van der Waals surface area (Å²) in [6.07, 6.45) is 4.02. The number of nitrogen functional groups attached to an aromatic ring is 1. The van der Waals surface area contributed by atoms with Crippen LogP contribution in [0.3, 0.4) is 0 Å². The van der Waals surface area contributed by atoms with Crippen molar-refractivity contribution in [2.24, 2.45) is 0 Å². The molecule has 0 aliphatic rings. The second-order valence-electron chi connectivity index (χ2n) is 4.23. The SMILES string of the molecule is CCCc1nc(N)cc(N(C)C(C)CSC)n1. The predicted molar refractivity (Wildman–Crippen MR) is 76.7 cm³/mol. The van der Waals surface area contributed by atoms with Gasteiger partial charge in [0.15, 0.2) is 0 Å². The summed E-state index contributed by atoms with van der Waals surface area (Å²) in [7, 11) is 2.05. The van der Waals surface area contributed by atoms with Crippen molar-refractivity contribution in [3.63, 3.8) is 0 Å². The van der Waals surface area contributed by atoms with Crippen molar-refractivity contribution in [1.29, 1.82) is 0 Å². The maximum Gasteiger partial charge on any atom is 0.134 e. The first-order chi connectivity index (χ1) is 8.08. The van der Waals surface area contributed by atoms with Crippen molar-refractivity contribution in [2.45, 2.75) is 32.7 Å². The summed E-state index contributed by atoms with van der Waals surface area (Å²) in [5.41, 5.74) is 5.82. The molecule has 5 heteroatoms. The summed E-state index contributed by atoms with van der Waals surface area (Å²) in [4.78, 5) is 11.0. The molecular formula is C12H22N4S. The summed E-state index contributed by atoms with van der Waals surface area (Å²) in [6.45, 7) is 4.31. The monoisotopic (exact) mass is 254 g/mol. The molecule has 1 unspecified atom stereocenters. The lowest BCUT2D eigenvalue weighted by atomic mass is 10.3. The van der Waals surface area contributed by atoms with Crippen LogP contribution in [-0.2, 0) is 6.42 Å². The maximum absolute atomic E-state index is 5.82. The van der Waals surface area contributed by atoms with Crippen LogP contribution in [0, 0.1) is 0 Å². The summed E-state index contributed by atoms with van der Waals surface area (Å²) in [5.74, 6) is 3.39. The number of rotatable bonds is 6. The second-order valence-corrected chi connectivity index (χ2v) is 5.14. The molecule has 0 aromatic carbocycles. The summed E-state index contributed by atoms with van der Waals surface area (Å²) in [5, 5.41) is 0. The summed E-state index contributed by atoms with van der Waals surface area (Å²) < 4.78 is 0. The van der Waals surface area contributed by atoms with Crippen LogP contribution in [0.25, 0.3) is 0 Å². The Morgan fingerprint density at radius 3 is 2.76 bits per heavy atom. The van der Waals surface area contributed by atoms with Crippen molar-refractivity contribution in [2.75, 3.05) is 29.7 Å². The van der Waals surface area contributed by atoms with Gasteiger partial charge in [-0.15, -0.1) is 0 Å². The van der Waals surface area contributed by atoms with Gasteiger partial charge in [-0.25, -0.2) is 9.97 Å². The first kappa shape index (κ1) is 14.1. The zero-order valence-corrected chi connectivity index (χ0v) is 11.9. The molecule has 2 N–H and O–H groups in total. The Morgan fingerprint density at radius 1 is 1.47 bits per heavy atom. The molecule has 0 aliphatic carbocycles. The molecule has 96 valence electrons. The molecule has 1 rings (SSSR count). The molecule has 1 aromatic rings. The van der Waals surface area contributed by atoms with Crippen molar-refractivity contribution in [1.82, 2.24) is 9.97 Å². The van der Waals surface area contributed by atoms with Crippen molar-refractivity contribution in [3.05, 3.63) is 11.9 Å². The second kappa shape index (κ2) is 6.69. The van der Waals surface area contributed by atoms with Crippen LogP contribution in [0.5, 0.6) is 0 Å². The van der Waals surface area contributed by atoms with Gasteiger partial charge in [0.05, 0.1) is 0 Å². The van der Waals surface area contributed by atoms with Crippen molar-refractivity contribution < 1.29 is 0 Å². The van der Waals surface area contributed by atoms with E-state index < -0.39 is 0 Å². The molecule has 1 heterocycles.